The molecule has 0 fully saturated rings. The minimum Gasteiger partial charge on any atom is -0.499 e. The molecule has 0 spiro atoms. The third-order valence-corrected chi connectivity index (χ3v) is 7.12. The molecule has 0 aromatic heterocycles. The van der Waals surface area contributed by atoms with Crippen molar-refractivity contribution >= 4 is 0 Å². The lowest BCUT2D eigenvalue weighted by atomic mass is 10.0. The van der Waals surface area contributed by atoms with Crippen molar-refractivity contribution in [1.29, 1.82) is 0 Å². The van der Waals surface area contributed by atoms with Crippen molar-refractivity contribution < 1.29 is 9.47 Å². The lowest BCUT2D eigenvalue weighted by Crippen LogP contribution is -2.36. The number of ether oxygens (including phenoxy) is 2. The second-order valence-electron chi connectivity index (χ2n) is 10.9. The summed E-state index contributed by atoms with van der Waals surface area (Å²) in [5, 5.41) is 0. The molecule has 1 unspecified atom stereocenters. The average Bonchev–Trinajstić information content (AvgIpc) is 2.87. The molecule has 214 valence electrons. The maximum atomic E-state index is 5.84. The van der Waals surface area contributed by atoms with Crippen molar-refractivity contribution in [3.63, 3.8) is 0 Å². The highest BCUT2D eigenvalue weighted by Gasteiger charge is 2.11. The fraction of sp³-hybridized carbons (Fsp3) is 0.879. The Morgan fingerprint density at radius 2 is 1.03 bits per heavy atom. The number of allylic oxidation sites excluding steroid dienone is 3. The number of likely N-dealkylation sites (N-methyl/N-ethyl adjacent to an activating group) is 1. The molecular formula is C33H65NO2. The highest BCUT2D eigenvalue weighted by atomic mass is 16.5. The monoisotopic (exact) mass is 508 g/mol. The minimum absolute atomic E-state index is 0.301. The number of unbranched alkanes of at least 4 members (excludes halogenated alkanes) is 19. The van der Waals surface area contributed by atoms with Crippen LogP contribution in [0.25, 0.3) is 0 Å². The molecule has 3 heteroatoms. The summed E-state index contributed by atoms with van der Waals surface area (Å²) in [4.78, 5) is 2.19. The van der Waals surface area contributed by atoms with Gasteiger partial charge >= 0.3 is 0 Å². The van der Waals surface area contributed by atoms with E-state index in [1.807, 2.05) is 12.3 Å². The largest absolute Gasteiger partial charge is 0.499 e. The summed E-state index contributed by atoms with van der Waals surface area (Å²) in [6, 6.07) is 0.301. The fourth-order valence-electron chi connectivity index (χ4n) is 4.45. The van der Waals surface area contributed by atoms with E-state index in [1.165, 1.54) is 135 Å². The first-order chi connectivity index (χ1) is 17.7. The molecule has 0 aliphatic heterocycles. The van der Waals surface area contributed by atoms with E-state index in [0.717, 1.165) is 13.2 Å². The smallest absolute Gasteiger partial charge is 0.105 e. The molecule has 0 aliphatic rings. The van der Waals surface area contributed by atoms with Gasteiger partial charge in [0.2, 0.25) is 0 Å². The molecule has 0 heterocycles. The summed E-state index contributed by atoms with van der Waals surface area (Å²) in [6.07, 6.45) is 37.3. The van der Waals surface area contributed by atoms with Gasteiger partial charge in [0, 0.05) is 6.61 Å². The van der Waals surface area contributed by atoms with Gasteiger partial charge in [0.05, 0.1) is 18.9 Å². The van der Waals surface area contributed by atoms with Crippen LogP contribution in [0.3, 0.4) is 0 Å². The second kappa shape index (κ2) is 30.4. The van der Waals surface area contributed by atoms with E-state index >= 15 is 0 Å². The first-order valence-corrected chi connectivity index (χ1v) is 15.9. The zero-order chi connectivity index (χ0) is 26.4. The fourth-order valence-corrected chi connectivity index (χ4v) is 4.45. The standard InChI is InChI=1S/C33H65NO2/c1-5-7-9-11-12-13-14-15-16-17-18-19-20-21-22-23-24-25-26-28-30-36-32-33(34(3)4)31-35-29-27-10-8-6-2/h25-26,28,30,33H,5-24,27,29,31-32H2,1-4H3. The van der Waals surface area contributed by atoms with Gasteiger partial charge in [-0.3, -0.25) is 0 Å². The van der Waals surface area contributed by atoms with E-state index in [-0.39, 0.29) is 0 Å². The number of nitrogens with zero attached hydrogens (tertiary/aromatic N) is 1. The topological polar surface area (TPSA) is 21.7 Å². The highest BCUT2D eigenvalue weighted by Crippen LogP contribution is 2.14. The van der Waals surface area contributed by atoms with Gasteiger partial charge in [0.25, 0.3) is 0 Å². The van der Waals surface area contributed by atoms with E-state index < -0.39 is 0 Å². The zero-order valence-corrected chi connectivity index (χ0v) is 25.1. The summed E-state index contributed by atoms with van der Waals surface area (Å²) in [5.74, 6) is 0. The SMILES string of the molecule is CCCCCCCCCCCCCCCCCCC=CC=COCC(COCCCCCC)N(C)C. The van der Waals surface area contributed by atoms with Crippen LogP contribution >= 0.6 is 0 Å². The van der Waals surface area contributed by atoms with Crippen LogP contribution in [0.4, 0.5) is 0 Å². The Bertz CT molecular complexity index is 461. The molecule has 0 aromatic rings. The lowest BCUT2D eigenvalue weighted by Gasteiger charge is -2.23. The molecule has 0 saturated carbocycles. The van der Waals surface area contributed by atoms with Gasteiger partial charge in [0.1, 0.15) is 6.61 Å². The van der Waals surface area contributed by atoms with E-state index in [4.69, 9.17) is 9.47 Å². The second-order valence-corrected chi connectivity index (χ2v) is 10.9. The lowest BCUT2D eigenvalue weighted by molar-refractivity contribution is 0.0454. The van der Waals surface area contributed by atoms with Crippen molar-refractivity contribution in [2.45, 2.75) is 155 Å². The predicted octanol–water partition coefficient (Wildman–Crippen LogP) is 10.3. The molecule has 0 radical (unpaired) electrons. The molecule has 36 heavy (non-hydrogen) atoms. The first-order valence-electron chi connectivity index (χ1n) is 15.9. The van der Waals surface area contributed by atoms with Gasteiger partial charge in [-0.15, -0.1) is 0 Å². The van der Waals surface area contributed by atoms with Crippen LogP contribution in [0.5, 0.6) is 0 Å². The van der Waals surface area contributed by atoms with Crippen LogP contribution in [-0.4, -0.2) is 44.9 Å². The Labute approximate surface area is 227 Å². The van der Waals surface area contributed by atoms with Gasteiger partial charge < -0.3 is 14.4 Å². The maximum absolute atomic E-state index is 5.84. The Balaban J connectivity index is 3.43. The number of rotatable bonds is 29. The van der Waals surface area contributed by atoms with Crippen LogP contribution in [0.15, 0.2) is 24.5 Å². The van der Waals surface area contributed by atoms with Gasteiger partial charge in [-0.1, -0.05) is 142 Å². The molecule has 0 rings (SSSR count). The van der Waals surface area contributed by atoms with Crippen molar-refractivity contribution in [1.82, 2.24) is 4.90 Å². The Hall–Kier alpha value is -0.800. The van der Waals surface area contributed by atoms with Crippen LogP contribution in [0.2, 0.25) is 0 Å². The molecule has 3 nitrogen and oxygen atoms in total. The van der Waals surface area contributed by atoms with Crippen molar-refractivity contribution in [3.8, 4) is 0 Å². The minimum atomic E-state index is 0.301. The summed E-state index contributed by atoms with van der Waals surface area (Å²) < 4.78 is 11.6. The average molecular weight is 508 g/mol. The molecule has 0 aromatic carbocycles. The molecule has 0 amide bonds. The molecule has 0 aliphatic carbocycles. The molecule has 0 bridgehead atoms. The number of hydrogen-bond donors (Lipinski definition) is 0. The first kappa shape index (κ1) is 35.2. The summed E-state index contributed by atoms with van der Waals surface area (Å²) in [7, 11) is 4.19. The third kappa shape index (κ3) is 27.8. The van der Waals surface area contributed by atoms with Crippen LogP contribution in [0, 0.1) is 0 Å². The quantitative estimate of drug-likeness (QED) is 0.0571. The van der Waals surface area contributed by atoms with E-state index in [9.17, 15) is 0 Å². The Morgan fingerprint density at radius 3 is 1.53 bits per heavy atom. The molecule has 0 saturated heterocycles. The van der Waals surface area contributed by atoms with Crippen molar-refractivity contribution in [3.05, 3.63) is 24.5 Å². The van der Waals surface area contributed by atoms with Gasteiger partial charge in [-0.25, -0.2) is 0 Å². The number of hydrogen-bond acceptors (Lipinski definition) is 3. The van der Waals surface area contributed by atoms with Crippen molar-refractivity contribution in [2.24, 2.45) is 0 Å². The van der Waals surface area contributed by atoms with E-state index in [0.29, 0.717) is 12.6 Å². The molecular weight excluding hydrogens is 442 g/mol. The predicted molar refractivity (Wildman–Crippen MR) is 161 cm³/mol. The van der Waals surface area contributed by atoms with Crippen LogP contribution < -0.4 is 0 Å². The summed E-state index contributed by atoms with van der Waals surface area (Å²) in [6.45, 7) is 6.81. The van der Waals surface area contributed by atoms with Crippen LogP contribution in [-0.2, 0) is 9.47 Å². The van der Waals surface area contributed by atoms with Crippen LogP contribution in [0.1, 0.15) is 149 Å². The Morgan fingerprint density at radius 1 is 0.556 bits per heavy atom. The van der Waals surface area contributed by atoms with Gasteiger partial charge in [-0.05, 0) is 39.4 Å². The van der Waals surface area contributed by atoms with E-state index in [2.05, 4.69) is 45.0 Å². The van der Waals surface area contributed by atoms with Crippen molar-refractivity contribution in [2.75, 3.05) is 33.9 Å². The zero-order valence-electron chi connectivity index (χ0n) is 25.1. The van der Waals surface area contributed by atoms with E-state index in [1.54, 1.807) is 0 Å². The third-order valence-electron chi connectivity index (χ3n) is 7.12. The summed E-state index contributed by atoms with van der Waals surface area (Å²) >= 11 is 0. The summed E-state index contributed by atoms with van der Waals surface area (Å²) in [5.41, 5.74) is 0. The Kier molecular flexibility index (Phi) is 29.7. The molecule has 1 atom stereocenters. The maximum Gasteiger partial charge on any atom is 0.105 e. The molecule has 0 N–H and O–H groups in total. The highest BCUT2D eigenvalue weighted by molar-refractivity contribution is 4.99. The van der Waals surface area contributed by atoms with Gasteiger partial charge in [0.15, 0.2) is 0 Å². The van der Waals surface area contributed by atoms with Gasteiger partial charge in [-0.2, -0.15) is 0 Å². The normalized spacial score (nSPS) is 12.9.